The van der Waals surface area contributed by atoms with Crippen LogP contribution < -0.4 is 14.4 Å². The Kier molecular flexibility index (Phi) is 4.68. The lowest BCUT2D eigenvalue weighted by molar-refractivity contribution is 0.102. The number of nitrogens with one attached hydrogen (secondary N) is 1. The average Bonchev–Trinajstić information content (AvgIpc) is 2.81. The number of hydrogen-bond acceptors (Lipinski definition) is 4. The van der Waals surface area contributed by atoms with Crippen molar-refractivity contribution in [1.82, 2.24) is 0 Å². The third kappa shape index (κ3) is 3.41. The topological polar surface area (TPSA) is 75.7 Å². The Hall–Kier alpha value is -3.10. The summed E-state index contributed by atoms with van der Waals surface area (Å²) < 4.78 is 46.4. The number of carbonyl (C=O) groups excluding carboxylic acids is 1. The van der Waals surface area contributed by atoms with E-state index in [-0.39, 0.29) is 26.9 Å². The summed E-state index contributed by atoms with van der Waals surface area (Å²) in [6, 6.07) is 14.4. The standard InChI is InChI=1S/C20H14ClFN2O4S/c1-24(13-6-4-5-12(22)9-13)29(26,27)19-10-14-18(11-15(19)21)28-17-8-3-2-7-16(17)23-20(14)25/h2-11H,1H3,(H,23,25). The summed E-state index contributed by atoms with van der Waals surface area (Å²) in [5.74, 6) is -0.581. The van der Waals surface area contributed by atoms with E-state index >= 15 is 0 Å². The first-order valence-corrected chi connectivity index (χ1v) is 10.3. The molecule has 0 bridgehead atoms. The van der Waals surface area contributed by atoms with Crippen LogP contribution in [0.3, 0.4) is 0 Å². The van der Waals surface area contributed by atoms with Crippen molar-refractivity contribution in [2.75, 3.05) is 16.7 Å². The molecule has 1 amide bonds. The van der Waals surface area contributed by atoms with Gasteiger partial charge in [-0.3, -0.25) is 9.10 Å². The fraction of sp³-hybridized carbons (Fsp3) is 0.0500. The van der Waals surface area contributed by atoms with Crippen molar-refractivity contribution in [3.8, 4) is 11.5 Å². The van der Waals surface area contributed by atoms with Crippen molar-refractivity contribution in [3.05, 3.63) is 77.1 Å². The summed E-state index contributed by atoms with van der Waals surface area (Å²) in [6.07, 6.45) is 0. The molecule has 1 N–H and O–H groups in total. The first-order valence-electron chi connectivity index (χ1n) is 8.43. The Labute approximate surface area is 171 Å². The first kappa shape index (κ1) is 19.2. The highest BCUT2D eigenvalue weighted by Crippen LogP contribution is 2.39. The molecule has 0 saturated carbocycles. The predicted octanol–water partition coefficient (Wildman–Crippen LogP) is 4.66. The largest absolute Gasteiger partial charge is 0.454 e. The van der Waals surface area contributed by atoms with Crippen molar-refractivity contribution >= 4 is 38.9 Å². The van der Waals surface area contributed by atoms with Crippen LogP contribution in [0.1, 0.15) is 10.4 Å². The number of rotatable bonds is 3. The zero-order chi connectivity index (χ0) is 20.8. The Morgan fingerprint density at radius 1 is 1.03 bits per heavy atom. The smallest absolute Gasteiger partial charge is 0.265 e. The van der Waals surface area contributed by atoms with Gasteiger partial charge in [0.15, 0.2) is 5.75 Å². The molecule has 1 heterocycles. The van der Waals surface area contributed by atoms with Gasteiger partial charge >= 0.3 is 0 Å². The van der Waals surface area contributed by atoms with Gasteiger partial charge in [0, 0.05) is 13.1 Å². The molecule has 29 heavy (non-hydrogen) atoms. The summed E-state index contributed by atoms with van der Waals surface area (Å²) >= 11 is 6.25. The van der Waals surface area contributed by atoms with Gasteiger partial charge in [0.1, 0.15) is 16.5 Å². The normalized spacial score (nSPS) is 12.9. The number of para-hydroxylation sites is 2. The first-order chi connectivity index (χ1) is 13.8. The number of anilines is 2. The molecule has 3 aromatic carbocycles. The predicted molar refractivity (Wildman–Crippen MR) is 108 cm³/mol. The third-order valence-corrected chi connectivity index (χ3v) is 6.69. The van der Waals surface area contributed by atoms with E-state index in [1.165, 1.54) is 31.3 Å². The SMILES string of the molecule is CN(c1cccc(F)c1)S(=O)(=O)c1cc2c(cc1Cl)Oc1ccccc1NC2=O. The maximum atomic E-state index is 13.5. The van der Waals surface area contributed by atoms with E-state index < -0.39 is 21.7 Å². The minimum atomic E-state index is -4.18. The molecule has 0 saturated heterocycles. The van der Waals surface area contributed by atoms with Crippen LogP contribution in [0.4, 0.5) is 15.8 Å². The van der Waals surface area contributed by atoms with Gasteiger partial charge in [-0.15, -0.1) is 0 Å². The van der Waals surface area contributed by atoms with Gasteiger partial charge in [0.05, 0.1) is 22.0 Å². The molecule has 0 aliphatic carbocycles. The monoisotopic (exact) mass is 432 g/mol. The minimum Gasteiger partial charge on any atom is -0.454 e. The molecule has 0 atom stereocenters. The quantitative estimate of drug-likeness (QED) is 0.653. The molecular weight excluding hydrogens is 419 g/mol. The number of fused-ring (bicyclic) bond motifs is 2. The second-order valence-corrected chi connectivity index (χ2v) is 8.63. The number of hydrogen-bond donors (Lipinski definition) is 1. The highest BCUT2D eigenvalue weighted by Gasteiger charge is 2.29. The summed E-state index contributed by atoms with van der Waals surface area (Å²) in [7, 11) is -2.90. The van der Waals surface area contributed by atoms with Gasteiger partial charge in [-0.05, 0) is 36.4 Å². The van der Waals surface area contributed by atoms with Gasteiger partial charge < -0.3 is 10.1 Å². The molecule has 0 radical (unpaired) electrons. The number of benzene rings is 3. The van der Waals surface area contributed by atoms with E-state index in [1.807, 2.05) is 0 Å². The van der Waals surface area contributed by atoms with Crippen LogP contribution in [0, 0.1) is 5.82 Å². The number of halogens is 2. The van der Waals surface area contributed by atoms with E-state index in [0.29, 0.717) is 11.4 Å². The lowest BCUT2D eigenvalue weighted by Gasteiger charge is -2.21. The van der Waals surface area contributed by atoms with Crippen molar-refractivity contribution in [3.63, 3.8) is 0 Å². The Morgan fingerprint density at radius 3 is 2.55 bits per heavy atom. The number of sulfonamides is 1. The lowest BCUT2D eigenvalue weighted by Crippen LogP contribution is -2.27. The highest BCUT2D eigenvalue weighted by atomic mass is 35.5. The van der Waals surface area contributed by atoms with E-state index in [0.717, 1.165) is 16.4 Å². The van der Waals surface area contributed by atoms with Crippen LogP contribution in [-0.2, 0) is 10.0 Å². The highest BCUT2D eigenvalue weighted by molar-refractivity contribution is 7.93. The second kappa shape index (κ2) is 7.06. The van der Waals surface area contributed by atoms with Crippen molar-refractivity contribution in [2.45, 2.75) is 4.90 Å². The molecule has 148 valence electrons. The Morgan fingerprint density at radius 2 is 1.79 bits per heavy atom. The van der Waals surface area contributed by atoms with E-state index in [4.69, 9.17) is 16.3 Å². The molecule has 6 nitrogen and oxygen atoms in total. The van der Waals surface area contributed by atoms with Crippen LogP contribution in [-0.4, -0.2) is 21.4 Å². The number of amides is 1. The molecule has 4 rings (SSSR count). The third-order valence-electron chi connectivity index (χ3n) is 4.44. The van der Waals surface area contributed by atoms with Crippen LogP contribution in [0.5, 0.6) is 11.5 Å². The molecule has 0 fully saturated rings. The van der Waals surface area contributed by atoms with Crippen LogP contribution in [0.15, 0.2) is 65.6 Å². The summed E-state index contributed by atoms with van der Waals surface area (Å²) in [5, 5.41) is 2.55. The Balaban J connectivity index is 1.81. The van der Waals surface area contributed by atoms with Crippen molar-refractivity contribution in [1.29, 1.82) is 0 Å². The van der Waals surface area contributed by atoms with E-state index in [2.05, 4.69) is 5.32 Å². The van der Waals surface area contributed by atoms with E-state index in [9.17, 15) is 17.6 Å². The van der Waals surface area contributed by atoms with Crippen LogP contribution in [0.2, 0.25) is 5.02 Å². The summed E-state index contributed by atoms with van der Waals surface area (Å²) in [4.78, 5) is 12.4. The maximum Gasteiger partial charge on any atom is 0.265 e. The molecule has 0 aromatic heterocycles. The zero-order valence-corrected chi connectivity index (χ0v) is 16.6. The van der Waals surface area contributed by atoms with Gasteiger partial charge in [-0.2, -0.15) is 0 Å². The molecule has 9 heteroatoms. The van der Waals surface area contributed by atoms with Crippen LogP contribution in [0.25, 0.3) is 0 Å². The molecule has 1 aliphatic heterocycles. The average molecular weight is 433 g/mol. The zero-order valence-electron chi connectivity index (χ0n) is 15.0. The number of carbonyl (C=O) groups is 1. The second-order valence-electron chi connectivity index (χ2n) is 6.28. The molecule has 0 spiro atoms. The molecule has 0 unspecified atom stereocenters. The minimum absolute atomic E-state index is 0.0109. The van der Waals surface area contributed by atoms with E-state index in [1.54, 1.807) is 24.3 Å². The maximum absolute atomic E-state index is 13.5. The summed E-state index contributed by atoms with van der Waals surface area (Å²) in [5.41, 5.74) is 0.576. The molecular formula is C20H14ClFN2O4S. The van der Waals surface area contributed by atoms with Gasteiger partial charge in [-0.25, -0.2) is 12.8 Å². The fourth-order valence-electron chi connectivity index (χ4n) is 2.92. The van der Waals surface area contributed by atoms with Gasteiger partial charge in [0.25, 0.3) is 15.9 Å². The lowest BCUT2D eigenvalue weighted by atomic mass is 10.2. The fourth-order valence-corrected chi connectivity index (χ4v) is 4.62. The Bertz CT molecular complexity index is 1250. The van der Waals surface area contributed by atoms with Crippen LogP contribution >= 0.6 is 11.6 Å². The summed E-state index contributed by atoms with van der Waals surface area (Å²) in [6.45, 7) is 0. The number of nitrogens with zero attached hydrogens (tertiary/aromatic N) is 1. The number of ether oxygens (including phenoxy) is 1. The molecule has 3 aromatic rings. The van der Waals surface area contributed by atoms with Crippen molar-refractivity contribution in [2.24, 2.45) is 0 Å². The van der Waals surface area contributed by atoms with Gasteiger partial charge in [0.2, 0.25) is 0 Å². The van der Waals surface area contributed by atoms with Gasteiger partial charge in [-0.1, -0.05) is 29.8 Å². The van der Waals surface area contributed by atoms with Crippen molar-refractivity contribution < 1.29 is 22.3 Å². The molecule has 1 aliphatic rings.